The summed E-state index contributed by atoms with van der Waals surface area (Å²) < 4.78 is 16.9. The van der Waals surface area contributed by atoms with Gasteiger partial charge < -0.3 is 14.2 Å². The number of carbonyl (C=O) groups is 2. The summed E-state index contributed by atoms with van der Waals surface area (Å²) in [4.78, 5) is 25.6. The van der Waals surface area contributed by atoms with Gasteiger partial charge in [-0.25, -0.2) is 0 Å². The molecule has 0 radical (unpaired) electrons. The second kappa shape index (κ2) is 5.51. The molecule has 0 saturated carbocycles. The summed E-state index contributed by atoms with van der Waals surface area (Å²) in [5.41, 5.74) is 4.11. The fourth-order valence-electron chi connectivity index (χ4n) is 4.01. The number of ether oxygens (including phenoxy) is 3. The first-order valence-corrected chi connectivity index (χ1v) is 8.99. The zero-order chi connectivity index (χ0) is 17.2. The Morgan fingerprint density at radius 1 is 1.29 bits per heavy atom. The minimum absolute atomic E-state index is 0.102. The first kappa shape index (κ1) is 16.0. The highest BCUT2D eigenvalue weighted by molar-refractivity contribution is 9.08. The van der Waals surface area contributed by atoms with E-state index in [1.807, 2.05) is 6.92 Å². The van der Waals surface area contributed by atoms with Gasteiger partial charge in [0.15, 0.2) is 17.8 Å². The van der Waals surface area contributed by atoms with Crippen LogP contribution in [0.3, 0.4) is 0 Å². The molecule has 4 rings (SSSR count). The van der Waals surface area contributed by atoms with Crippen molar-refractivity contribution in [1.82, 2.24) is 0 Å². The molecule has 24 heavy (non-hydrogen) atoms. The van der Waals surface area contributed by atoms with E-state index in [0.29, 0.717) is 28.5 Å². The summed E-state index contributed by atoms with van der Waals surface area (Å²) >= 11 is 3.49. The van der Waals surface area contributed by atoms with Crippen molar-refractivity contribution in [2.75, 3.05) is 7.11 Å². The van der Waals surface area contributed by atoms with Crippen LogP contribution in [0.25, 0.3) is 0 Å². The van der Waals surface area contributed by atoms with Crippen LogP contribution in [0.4, 0.5) is 0 Å². The molecule has 1 aliphatic heterocycles. The molecular weight excluding hydrogens is 376 g/mol. The average Bonchev–Trinajstić information content (AvgIpc) is 3.08. The minimum Gasteiger partial charge on any atom is -0.492 e. The van der Waals surface area contributed by atoms with E-state index in [9.17, 15) is 9.59 Å². The maximum atomic E-state index is 12.9. The Kier molecular flexibility index (Phi) is 3.67. The van der Waals surface area contributed by atoms with Crippen molar-refractivity contribution in [2.45, 2.75) is 44.1 Å². The van der Waals surface area contributed by atoms with Gasteiger partial charge in [-0.1, -0.05) is 15.9 Å². The Bertz CT molecular complexity index is 810. The van der Waals surface area contributed by atoms with Gasteiger partial charge in [-0.15, -0.1) is 0 Å². The summed E-state index contributed by atoms with van der Waals surface area (Å²) in [7, 11) is 1.42. The molecule has 1 aromatic carbocycles. The second-order valence-corrected chi connectivity index (χ2v) is 6.86. The van der Waals surface area contributed by atoms with Gasteiger partial charge in [-0.2, -0.15) is 0 Å². The Labute approximate surface area is 148 Å². The Morgan fingerprint density at radius 2 is 2.04 bits per heavy atom. The quantitative estimate of drug-likeness (QED) is 0.722. The number of Topliss-reactive ketones (excluding diaryl/α,β-unsaturated/α-hetero) is 2. The third kappa shape index (κ3) is 2.00. The number of hydrogen-bond acceptors (Lipinski definition) is 5. The maximum absolute atomic E-state index is 12.9. The first-order valence-electron chi connectivity index (χ1n) is 7.87. The molecule has 6 heteroatoms. The third-order valence-electron chi connectivity index (χ3n) is 5.00. The van der Waals surface area contributed by atoms with Gasteiger partial charge in [-0.05, 0) is 36.6 Å². The molecule has 3 unspecified atom stereocenters. The summed E-state index contributed by atoms with van der Waals surface area (Å²) in [6, 6.07) is 1.79. The van der Waals surface area contributed by atoms with Crippen molar-refractivity contribution in [3.05, 3.63) is 45.2 Å². The molecule has 0 bridgehead atoms. The summed E-state index contributed by atoms with van der Waals surface area (Å²) in [6.45, 7) is 3.51. The minimum atomic E-state index is -0.258. The van der Waals surface area contributed by atoms with E-state index in [2.05, 4.69) is 15.9 Å². The van der Waals surface area contributed by atoms with E-state index in [1.54, 1.807) is 13.0 Å². The van der Waals surface area contributed by atoms with Crippen molar-refractivity contribution in [3.8, 4) is 0 Å². The number of benzene rings is 1. The van der Waals surface area contributed by atoms with Crippen LogP contribution in [0.2, 0.25) is 0 Å². The largest absolute Gasteiger partial charge is 0.492 e. The Balaban J connectivity index is 1.96. The molecule has 0 aromatic heterocycles. The first-order chi connectivity index (χ1) is 11.5. The van der Waals surface area contributed by atoms with E-state index in [4.69, 9.17) is 14.2 Å². The number of rotatable bonds is 2. The number of ketones is 2. The Morgan fingerprint density at radius 3 is 2.71 bits per heavy atom. The smallest absolute Gasteiger partial charge is 0.228 e. The molecule has 3 aliphatic rings. The van der Waals surface area contributed by atoms with E-state index >= 15 is 0 Å². The van der Waals surface area contributed by atoms with Crippen molar-refractivity contribution in [3.63, 3.8) is 0 Å². The number of halogens is 1. The normalized spacial score (nSPS) is 28.1. The third-order valence-corrected chi connectivity index (χ3v) is 5.60. The summed E-state index contributed by atoms with van der Waals surface area (Å²) in [5.74, 6) is -0.249. The lowest BCUT2D eigenvalue weighted by atomic mass is 9.82. The van der Waals surface area contributed by atoms with Crippen LogP contribution < -0.4 is 0 Å². The Hall–Kier alpha value is -1.50. The van der Waals surface area contributed by atoms with Gasteiger partial charge in [0.05, 0.1) is 13.2 Å². The van der Waals surface area contributed by atoms with E-state index in [-0.39, 0.29) is 35.8 Å². The molecular formula is C18H17BrO5. The van der Waals surface area contributed by atoms with Crippen molar-refractivity contribution in [2.24, 2.45) is 0 Å². The SMILES string of the molecule is COC1=C(C)C(=O)c2c(cc(CBr)c3c2CC2OC(C)OC32)C1=O. The van der Waals surface area contributed by atoms with Gasteiger partial charge in [0, 0.05) is 28.5 Å². The molecule has 1 saturated heterocycles. The molecule has 1 aromatic rings. The van der Waals surface area contributed by atoms with Crippen molar-refractivity contribution >= 4 is 27.5 Å². The monoisotopic (exact) mass is 392 g/mol. The number of alkyl halides is 1. The fraction of sp³-hybridized carbons (Fsp3) is 0.444. The molecule has 0 spiro atoms. The zero-order valence-electron chi connectivity index (χ0n) is 13.6. The van der Waals surface area contributed by atoms with Gasteiger partial charge in [0.2, 0.25) is 5.78 Å². The highest BCUT2D eigenvalue weighted by atomic mass is 79.9. The molecule has 3 atom stereocenters. The van der Waals surface area contributed by atoms with Crippen LogP contribution in [0.1, 0.15) is 57.4 Å². The molecule has 1 heterocycles. The molecule has 126 valence electrons. The van der Waals surface area contributed by atoms with Crippen LogP contribution in [0, 0.1) is 0 Å². The number of hydrogen-bond donors (Lipinski definition) is 0. The lowest BCUT2D eigenvalue weighted by Crippen LogP contribution is -2.24. The predicted molar refractivity (Wildman–Crippen MR) is 89.3 cm³/mol. The highest BCUT2D eigenvalue weighted by Crippen LogP contribution is 2.47. The summed E-state index contributed by atoms with van der Waals surface area (Å²) in [5, 5.41) is 0.579. The van der Waals surface area contributed by atoms with E-state index < -0.39 is 0 Å². The van der Waals surface area contributed by atoms with Crippen molar-refractivity contribution in [1.29, 1.82) is 0 Å². The number of fused-ring (bicyclic) bond motifs is 5. The van der Waals surface area contributed by atoms with Crippen LogP contribution in [0.5, 0.6) is 0 Å². The van der Waals surface area contributed by atoms with Gasteiger partial charge in [0.1, 0.15) is 6.10 Å². The standard InChI is InChI=1S/C18H17BrO5/c1-7-15(20)14-10-5-12-18(24-8(2)23-12)13(10)9(6-19)4-11(14)16(21)17(7)22-3/h4,8,12,18H,5-6H2,1-3H3. The number of carbonyl (C=O) groups excluding carboxylic acids is 2. The van der Waals surface area contributed by atoms with E-state index in [0.717, 1.165) is 16.7 Å². The van der Waals surface area contributed by atoms with Crippen LogP contribution in [0.15, 0.2) is 17.4 Å². The lowest BCUT2D eigenvalue weighted by Gasteiger charge is -2.23. The van der Waals surface area contributed by atoms with Crippen LogP contribution in [-0.2, 0) is 26.0 Å². The average molecular weight is 393 g/mol. The molecule has 2 aliphatic carbocycles. The number of methoxy groups -OCH3 is 1. The molecule has 0 amide bonds. The lowest BCUT2D eigenvalue weighted by molar-refractivity contribution is -0.0532. The number of allylic oxidation sites excluding steroid dienone is 2. The predicted octanol–water partition coefficient (Wildman–Crippen LogP) is 3.24. The fourth-order valence-corrected chi connectivity index (χ4v) is 4.48. The molecule has 0 N–H and O–H groups in total. The van der Waals surface area contributed by atoms with Crippen LogP contribution >= 0.6 is 15.9 Å². The van der Waals surface area contributed by atoms with Gasteiger partial charge >= 0.3 is 0 Å². The van der Waals surface area contributed by atoms with Crippen LogP contribution in [-0.4, -0.2) is 31.1 Å². The van der Waals surface area contributed by atoms with Crippen molar-refractivity contribution < 1.29 is 23.8 Å². The molecule has 5 nitrogen and oxygen atoms in total. The summed E-state index contributed by atoms with van der Waals surface area (Å²) in [6.07, 6.45) is 0.0490. The van der Waals surface area contributed by atoms with E-state index in [1.165, 1.54) is 7.11 Å². The second-order valence-electron chi connectivity index (χ2n) is 6.30. The van der Waals surface area contributed by atoms with Gasteiger partial charge in [-0.3, -0.25) is 9.59 Å². The zero-order valence-corrected chi connectivity index (χ0v) is 15.2. The maximum Gasteiger partial charge on any atom is 0.228 e. The highest BCUT2D eigenvalue weighted by Gasteiger charge is 2.46. The molecule has 1 fully saturated rings. The topological polar surface area (TPSA) is 61.8 Å². The van der Waals surface area contributed by atoms with Gasteiger partial charge in [0.25, 0.3) is 0 Å².